The van der Waals surface area contributed by atoms with Crippen LogP contribution in [0.1, 0.15) is 30.9 Å². The van der Waals surface area contributed by atoms with E-state index in [2.05, 4.69) is 21.2 Å². The number of carbonyl (C=O) groups excluding carboxylic acids is 2. The Morgan fingerprint density at radius 2 is 1.53 bits per heavy atom. The molecule has 4 aromatic carbocycles. The Morgan fingerprint density at radius 1 is 0.851 bits per heavy atom. The number of sulfonamides is 1. The summed E-state index contributed by atoms with van der Waals surface area (Å²) in [5.41, 5.74) is 1.75. The van der Waals surface area contributed by atoms with Gasteiger partial charge in [-0.2, -0.15) is 0 Å². The molecular formula is C36H40BrN3O6S. The summed E-state index contributed by atoms with van der Waals surface area (Å²) in [6.07, 6.45) is 1.90. The number of hydrogen-bond acceptors (Lipinski definition) is 6. The number of amides is 2. The molecule has 11 heteroatoms. The first-order valence-electron chi connectivity index (χ1n) is 15.3. The van der Waals surface area contributed by atoms with Crippen LogP contribution in [0, 0.1) is 0 Å². The summed E-state index contributed by atoms with van der Waals surface area (Å²) in [5.74, 6) is -0.275. The maximum Gasteiger partial charge on any atom is 0.264 e. The highest BCUT2D eigenvalue weighted by Gasteiger charge is 2.35. The van der Waals surface area contributed by atoms with Crippen molar-refractivity contribution in [2.24, 2.45) is 0 Å². The summed E-state index contributed by atoms with van der Waals surface area (Å²) in [6.45, 7) is 1.94. The number of halogens is 1. The molecule has 1 unspecified atom stereocenters. The molecule has 9 nitrogen and oxygen atoms in total. The lowest BCUT2D eigenvalue weighted by atomic mass is 10.0. The van der Waals surface area contributed by atoms with Gasteiger partial charge in [0.15, 0.2) is 0 Å². The summed E-state index contributed by atoms with van der Waals surface area (Å²) in [6, 6.07) is 28.6. The molecule has 0 aliphatic heterocycles. The predicted octanol–water partition coefficient (Wildman–Crippen LogP) is 6.22. The van der Waals surface area contributed by atoms with E-state index in [1.165, 1.54) is 37.3 Å². The zero-order chi connectivity index (χ0) is 33.8. The van der Waals surface area contributed by atoms with Gasteiger partial charge in [0.1, 0.15) is 24.1 Å². The van der Waals surface area contributed by atoms with Crippen LogP contribution >= 0.6 is 15.9 Å². The van der Waals surface area contributed by atoms with Crippen molar-refractivity contribution >= 4 is 43.5 Å². The zero-order valence-electron chi connectivity index (χ0n) is 26.8. The van der Waals surface area contributed by atoms with Crippen LogP contribution in [-0.2, 0) is 32.6 Å². The van der Waals surface area contributed by atoms with Gasteiger partial charge in [-0.15, -0.1) is 0 Å². The number of rotatable bonds is 16. The Bertz CT molecular complexity index is 1740. The molecule has 0 aromatic heterocycles. The smallest absolute Gasteiger partial charge is 0.264 e. The van der Waals surface area contributed by atoms with Gasteiger partial charge in [0.2, 0.25) is 11.8 Å². The van der Waals surface area contributed by atoms with Gasteiger partial charge in [0, 0.05) is 30.0 Å². The van der Waals surface area contributed by atoms with Gasteiger partial charge in [-0.3, -0.25) is 13.9 Å². The lowest BCUT2D eigenvalue weighted by Crippen LogP contribution is -2.53. The van der Waals surface area contributed by atoms with Crippen molar-refractivity contribution in [2.75, 3.05) is 31.6 Å². The summed E-state index contributed by atoms with van der Waals surface area (Å²) in [5, 5.41) is 3.00. The molecule has 248 valence electrons. The number of nitrogens with zero attached hydrogens (tertiary/aromatic N) is 2. The van der Waals surface area contributed by atoms with Crippen LogP contribution < -0.4 is 19.1 Å². The summed E-state index contributed by atoms with van der Waals surface area (Å²) < 4.78 is 41.4. The van der Waals surface area contributed by atoms with Crippen molar-refractivity contribution in [2.45, 2.75) is 43.7 Å². The number of nitrogens with one attached hydrogen (secondary N) is 1. The second-order valence-corrected chi connectivity index (χ2v) is 13.6. The van der Waals surface area contributed by atoms with E-state index in [4.69, 9.17) is 9.47 Å². The normalized spacial score (nSPS) is 11.7. The molecule has 4 aromatic rings. The zero-order valence-corrected chi connectivity index (χ0v) is 29.2. The molecule has 0 heterocycles. The molecule has 2 amide bonds. The molecule has 0 bridgehead atoms. The molecule has 0 fully saturated rings. The number of benzene rings is 4. The van der Waals surface area contributed by atoms with E-state index in [1.54, 1.807) is 30.3 Å². The second kappa shape index (κ2) is 17.0. The van der Waals surface area contributed by atoms with Gasteiger partial charge in [-0.05, 0) is 53.9 Å². The fourth-order valence-corrected chi connectivity index (χ4v) is 7.00. The Morgan fingerprint density at radius 3 is 2.17 bits per heavy atom. The molecule has 1 N–H and O–H groups in total. The predicted molar refractivity (Wildman–Crippen MR) is 187 cm³/mol. The maximum atomic E-state index is 14.7. The average Bonchev–Trinajstić information content (AvgIpc) is 3.09. The van der Waals surface area contributed by atoms with Crippen molar-refractivity contribution < 1.29 is 27.5 Å². The Balaban J connectivity index is 1.84. The Hall–Kier alpha value is -4.35. The topological polar surface area (TPSA) is 105 Å². The number of hydrogen-bond donors (Lipinski definition) is 1. The molecule has 0 aliphatic rings. The van der Waals surface area contributed by atoms with Crippen LogP contribution in [0.2, 0.25) is 0 Å². The van der Waals surface area contributed by atoms with Crippen molar-refractivity contribution in [1.29, 1.82) is 0 Å². The molecule has 0 saturated carbocycles. The van der Waals surface area contributed by atoms with Gasteiger partial charge in [0.25, 0.3) is 10.0 Å². The summed E-state index contributed by atoms with van der Waals surface area (Å²) >= 11 is 3.51. The first-order chi connectivity index (χ1) is 22.7. The highest BCUT2D eigenvalue weighted by molar-refractivity contribution is 9.10. The molecule has 0 aliphatic carbocycles. The summed E-state index contributed by atoms with van der Waals surface area (Å²) in [4.78, 5) is 30.0. The summed E-state index contributed by atoms with van der Waals surface area (Å²) in [7, 11) is -1.40. The fraction of sp³-hybridized carbons (Fsp3) is 0.278. The average molecular weight is 723 g/mol. The van der Waals surface area contributed by atoms with Crippen LogP contribution in [0.15, 0.2) is 112 Å². The molecule has 47 heavy (non-hydrogen) atoms. The van der Waals surface area contributed by atoms with E-state index in [9.17, 15) is 18.0 Å². The van der Waals surface area contributed by atoms with Crippen LogP contribution in [0.4, 0.5) is 5.69 Å². The third-order valence-corrected chi connectivity index (χ3v) is 9.87. The van der Waals surface area contributed by atoms with E-state index in [0.717, 1.165) is 32.7 Å². The van der Waals surface area contributed by atoms with Crippen LogP contribution in [0.5, 0.6) is 11.5 Å². The number of carbonyl (C=O) groups is 2. The number of ether oxygens (including phenoxy) is 2. The van der Waals surface area contributed by atoms with Crippen LogP contribution in [0.25, 0.3) is 0 Å². The van der Waals surface area contributed by atoms with E-state index >= 15 is 0 Å². The van der Waals surface area contributed by atoms with Crippen molar-refractivity contribution in [3.05, 3.63) is 119 Å². The minimum Gasteiger partial charge on any atom is -0.497 e. The standard InChI is InChI=1S/C36H40BrN3O6S/c1-4-5-21-38-36(42)33(23-27-13-8-6-9-14-27)39(25-28-15-12-16-29(37)22-28)35(41)26-40(47(43,44)31-17-10-7-11-18-31)32-24-30(45-2)19-20-34(32)46-3/h6-20,22,24,33H,4-5,21,23,25-26H2,1-3H3,(H,38,42). The molecule has 0 saturated heterocycles. The van der Waals surface area contributed by atoms with E-state index in [0.29, 0.717) is 12.3 Å². The second-order valence-electron chi connectivity index (χ2n) is 10.9. The maximum absolute atomic E-state index is 14.7. The fourth-order valence-electron chi connectivity index (χ4n) is 5.12. The molecule has 0 radical (unpaired) electrons. The number of unbranched alkanes of at least 4 members (excludes halogenated alkanes) is 1. The Labute approximate surface area is 285 Å². The van der Waals surface area contributed by atoms with Crippen molar-refractivity contribution in [1.82, 2.24) is 10.2 Å². The lowest BCUT2D eigenvalue weighted by molar-refractivity contribution is -0.140. The van der Waals surface area contributed by atoms with E-state index in [1.807, 2.05) is 61.5 Å². The molecule has 1 atom stereocenters. The molecule has 4 rings (SSSR count). The SMILES string of the molecule is CCCCNC(=O)C(Cc1ccccc1)N(Cc1cccc(Br)c1)C(=O)CN(c1cc(OC)ccc1OC)S(=O)(=O)c1ccccc1. The van der Waals surface area contributed by atoms with Gasteiger partial charge in [-0.1, -0.05) is 89.9 Å². The quantitative estimate of drug-likeness (QED) is 0.138. The molecular weight excluding hydrogens is 682 g/mol. The van der Waals surface area contributed by atoms with Crippen LogP contribution in [-0.4, -0.2) is 58.5 Å². The van der Waals surface area contributed by atoms with Crippen molar-refractivity contribution in [3.63, 3.8) is 0 Å². The lowest BCUT2D eigenvalue weighted by Gasteiger charge is -2.34. The number of anilines is 1. The monoisotopic (exact) mass is 721 g/mol. The van der Waals surface area contributed by atoms with E-state index in [-0.39, 0.29) is 35.2 Å². The minimum atomic E-state index is -4.30. The third-order valence-electron chi connectivity index (χ3n) is 7.61. The highest BCUT2D eigenvalue weighted by Crippen LogP contribution is 2.36. The number of methoxy groups -OCH3 is 2. The van der Waals surface area contributed by atoms with Gasteiger partial charge in [0.05, 0.1) is 24.8 Å². The van der Waals surface area contributed by atoms with Crippen LogP contribution in [0.3, 0.4) is 0 Å². The van der Waals surface area contributed by atoms with E-state index < -0.39 is 28.5 Å². The first-order valence-corrected chi connectivity index (χ1v) is 17.6. The largest absolute Gasteiger partial charge is 0.497 e. The van der Waals surface area contributed by atoms with Crippen molar-refractivity contribution in [3.8, 4) is 11.5 Å². The minimum absolute atomic E-state index is 0.00522. The third kappa shape index (κ3) is 9.36. The van der Waals surface area contributed by atoms with Gasteiger partial charge in [-0.25, -0.2) is 8.42 Å². The molecule has 0 spiro atoms. The highest BCUT2D eigenvalue weighted by atomic mass is 79.9. The van der Waals surface area contributed by atoms with Gasteiger partial charge < -0.3 is 19.7 Å². The van der Waals surface area contributed by atoms with Gasteiger partial charge >= 0.3 is 0 Å². The Kier molecular flexibility index (Phi) is 12.8. The first kappa shape index (κ1) is 35.5.